The van der Waals surface area contributed by atoms with Crippen molar-refractivity contribution in [3.8, 4) is 5.75 Å². The van der Waals surface area contributed by atoms with Crippen LogP contribution in [0.5, 0.6) is 5.75 Å². The van der Waals surface area contributed by atoms with Crippen LogP contribution < -0.4 is 10.1 Å². The fourth-order valence-electron chi connectivity index (χ4n) is 4.35. The maximum absolute atomic E-state index is 13.9. The van der Waals surface area contributed by atoms with E-state index in [0.717, 1.165) is 42.5 Å². The van der Waals surface area contributed by atoms with Gasteiger partial charge in [0.1, 0.15) is 11.6 Å². The number of hydrogen-bond donors (Lipinski definition) is 1. The van der Waals surface area contributed by atoms with Gasteiger partial charge in [-0.1, -0.05) is 6.42 Å². The third-order valence-corrected chi connectivity index (χ3v) is 5.88. The van der Waals surface area contributed by atoms with Gasteiger partial charge in [-0.3, -0.25) is 4.99 Å². The molecule has 2 heterocycles. The normalized spacial score (nSPS) is 21.3. The van der Waals surface area contributed by atoms with Crippen molar-refractivity contribution in [3.63, 3.8) is 0 Å². The van der Waals surface area contributed by atoms with Gasteiger partial charge in [0, 0.05) is 31.7 Å². The fraction of sp³-hybridized carbons (Fsp3) is 0.650. The number of nitrogens with zero attached hydrogens (tertiary/aromatic N) is 2. The van der Waals surface area contributed by atoms with Crippen LogP contribution in [0.1, 0.15) is 43.7 Å². The average Bonchev–Trinajstić information content (AvgIpc) is 3.07. The summed E-state index contributed by atoms with van der Waals surface area (Å²) >= 11 is 0. The Balaban J connectivity index is 1.43. The Morgan fingerprint density at radius 3 is 2.96 bits per heavy atom. The number of aliphatic imine (C=N–C) groups is 1. The highest BCUT2D eigenvalue weighted by Crippen LogP contribution is 2.47. The summed E-state index contributed by atoms with van der Waals surface area (Å²) in [6.07, 6.45) is 6.03. The van der Waals surface area contributed by atoms with Crippen LogP contribution in [0.25, 0.3) is 0 Å². The summed E-state index contributed by atoms with van der Waals surface area (Å²) in [5, 5.41) is 3.42. The predicted molar refractivity (Wildman–Crippen MR) is 98.8 cm³/mol. The van der Waals surface area contributed by atoms with Crippen LogP contribution in [-0.4, -0.2) is 43.8 Å². The van der Waals surface area contributed by atoms with Crippen LogP contribution in [0.3, 0.4) is 0 Å². The first kappa shape index (κ1) is 17.6. The minimum absolute atomic E-state index is 0.230. The molecule has 0 atom stereocenters. The van der Waals surface area contributed by atoms with Gasteiger partial charge in [-0.25, -0.2) is 4.39 Å². The Morgan fingerprint density at radius 2 is 2.23 bits per heavy atom. The van der Waals surface area contributed by atoms with Crippen molar-refractivity contribution < 1.29 is 13.9 Å². The summed E-state index contributed by atoms with van der Waals surface area (Å²) in [7, 11) is 0. The summed E-state index contributed by atoms with van der Waals surface area (Å²) in [6.45, 7) is 6.41. The van der Waals surface area contributed by atoms with Gasteiger partial charge in [0.15, 0.2) is 12.8 Å². The smallest absolute Gasteiger partial charge is 0.193 e. The zero-order valence-corrected chi connectivity index (χ0v) is 15.5. The first-order chi connectivity index (χ1) is 12.7. The van der Waals surface area contributed by atoms with E-state index in [1.807, 2.05) is 0 Å². The molecule has 2 fully saturated rings. The lowest BCUT2D eigenvalue weighted by molar-refractivity contribution is -0.0172. The first-order valence-electron chi connectivity index (χ1n) is 9.74. The van der Waals surface area contributed by atoms with Crippen LogP contribution in [0.2, 0.25) is 0 Å². The molecular weight excluding hydrogens is 333 g/mol. The van der Waals surface area contributed by atoms with Crippen molar-refractivity contribution >= 4 is 5.96 Å². The molecule has 4 rings (SSSR count). The number of halogens is 1. The SMILES string of the molecule is CCNC(=NCCc1cc(F)cc2c1OCOC2)N1CCC2(CCC2)C1. The molecule has 1 spiro atoms. The van der Waals surface area contributed by atoms with Crippen molar-refractivity contribution in [2.75, 3.05) is 33.0 Å². The minimum Gasteiger partial charge on any atom is -0.467 e. The Bertz CT molecular complexity index is 688. The summed E-state index contributed by atoms with van der Waals surface area (Å²) < 4.78 is 24.7. The van der Waals surface area contributed by atoms with Crippen molar-refractivity contribution in [2.24, 2.45) is 10.4 Å². The second-order valence-corrected chi connectivity index (χ2v) is 7.67. The average molecular weight is 361 g/mol. The number of hydrogen-bond acceptors (Lipinski definition) is 3. The number of likely N-dealkylation sites (tertiary alicyclic amines) is 1. The molecule has 3 aliphatic rings. The quantitative estimate of drug-likeness (QED) is 0.661. The predicted octanol–water partition coefficient (Wildman–Crippen LogP) is 3.08. The second kappa shape index (κ2) is 7.43. The van der Waals surface area contributed by atoms with Crippen LogP contribution >= 0.6 is 0 Å². The highest BCUT2D eigenvalue weighted by Gasteiger charge is 2.43. The lowest BCUT2D eigenvalue weighted by atomic mass is 9.68. The van der Waals surface area contributed by atoms with Gasteiger partial charge >= 0.3 is 0 Å². The van der Waals surface area contributed by atoms with Crippen LogP contribution in [-0.2, 0) is 17.8 Å². The molecule has 0 amide bonds. The zero-order chi connectivity index (χ0) is 18.0. The standard InChI is InChI=1S/C20H28FN3O2/c1-2-22-19(24-9-7-20(13-24)5-3-6-20)23-8-4-15-10-17(21)11-16-12-25-14-26-18(15)16/h10-11H,2-9,12-14H2,1H3,(H,22,23). The maximum atomic E-state index is 13.9. The van der Waals surface area contributed by atoms with E-state index < -0.39 is 0 Å². The summed E-state index contributed by atoms with van der Waals surface area (Å²) in [5.74, 6) is 1.52. The van der Waals surface area contributed by atoms with E-state index in [9.17, 15) is 4.39 Å². The second-order valence-electron chi connectivity index (χ2n) is 7.67. The largest absolute Gasteiger partial charge is 0.467 e. The van der Waals surface area contributed by atoms with Crippen LogP contribution in [0.15, 0.2) is 17.1 Å². The molecule has 2 aliphatic heterocycles. The number of nitrogens with one attached hydrogen (secondary N) is 1. The molecule has 0 unspecified atom stereocenters. The molecular formula is C20H28FN3O2. The summed E-state index contributed by atoms with van der Waals surface area (Å²) in [6, 6.07) is 3.05. The topological polar surface area (TPSA) is 46.1 Å². The van der Waals surface area contributed by atoms with Crippen LogP contribution in [0, 0.1) is 11.2 Å². The summed E-state index contributed by atoms with van der Waals surface area (Å²) in [4.78, 5) is 7.21. The van der Waals surface area contributed by atoms with Gasteiger partial charge in [0.2, 0.25) is 0 Å². The molecule has 1 aliphatic carbocycles. The molecule has 5 nitrogen and oxygen atoms in total. The molecule has 1 aromatic rings. The molecule has 0 aromatic heterocycles. The van der Waals surface area contributed by atoms with Gasteiger partial charge in [-0.05, 0) is 55.7 Å². The highest BCUT2D eigenvalue weighted by atomic mass is 19.1. The lowest BCUT2D eigenvalue weighted by Crippen LogP contribution is -2.42. The molecule has 1 aromatic carbocycles. The van der Waals surface area contributed by atoms with E-state index >= 15 is 0 Å². The number of ether oxygens (including phenoxy) is 2. The number of benzene rings is 1. The third kappa shape index (κ3) is 3.52. The van der Waals surface area contributed by atoms with Gasteiger partial charge in [-0.15, -0.1) is 0 Å². The van der Waals surface area contributed by atoms with E-state index in [1.165, 1.54) is 31.7 Å². The molecule has 1 saturated heterocycles. The first-order valence-corrected chi connectivity index (χ1v) is 9.74. The van der Waals surface area contributed by atoms with Gasteiger partial charge in [-0.2, -0.15) is 0 Å². The molecule has 1 saturated carbocycles. The van der Waals surface area contributed by atoms with Crippen molar-refractivity contribution in [1.29, 1.82) is 0 Å². The van der Waals surface area contributed by atoms with Crippen LogP contribution in [0.4, 0.5) is 4.39 Å². The Morgan fingerprint density at radius 1 is 1.35 bits per heavy atom. The Hall–Kier alpha value is -1.82. The van der Waals surface area contributed by atoms with Gasteiger partial charge < -0.3 is 19.7 Å². The number of rotatable bonds is 4. The Labute approximate surface area is 154 Å². The molecule has 26 heavy (non-hydrogen) atoms. The van der Waals surface area contributed by atoms with E-state index in [1.54, 1.807) is 6.07 Å². The lowest BCUT2D eigenvalue weighted by Gasteiger charge is -2.38. The van der Waals surface area contributed by atoms with Gasteiger partial charge in [0.25, 0.3) is 0 Å². The van der Waals surface area contributed by atoms with E-state index in [0.29, 0.717) is 25.0 Å². The number of fused-ring (bicyclic) bond motifs is 1. The molecule has 6 heteroatoms. The molecule has 142 valence electrons. The van der Waals surface area contributed by atoms with E-state index in [4.69, 9.17) is 14.5 Å². The van der Waals surface area contributed by atoms with E-state index in [-0.39, 0.29) is 12.6 Å². The summed E-state index contributed by atoms with van der Waals surface area (Å²) in [5.41, 5.74) is 2.21. The van der Waals surface area contributed by atoms with Crippen molar-refractivity contribution in [2.45, 2.75) is 45.6 Å². The molecule has 1 N–H and O–H groups in total. The van der Waals surface area contributed by atoms with Gasteiger partial charge in [0.05, 0.1) is 6.61 Å². The number of guanidine groups is 1. The third-order valence-electron chi connectivity index (χ3n) is 5.88. The van der Waals surface area contributed by atoms with Crippen molar-refractivity contribution in [3.05, 3.63) is 29.1 Å². The minimum atomic E-state index is -0.241. The maximum Gasteiger partial charge on any atom is 0.193 e. The highest BCUT2D eigenvalue weighted by molar-refractivity contribution is 5.80. The van der Waals surface area contributed by atoms with E-state index in [2.05, 4.69) is 17.1 Å². The monoisotopic (exact) mass is 361 g/mol. The molecule has 0 bridgehead atoms. The van der Waals surface area contributed by atoms with Crippen molar-refractivity contribution in [1.82, 2.24) is 10.2 Å². The fourth-order valence-corrected chi connectivity index (χ4v) is 4.35. The molecule has 0 radical (unpaired) electrons. The Kier molecular flexibility index (Phi) is 5.02. The zero-order valence-electron chi connectivity index (χ0n) is 15.5.